The fourth-order valence-corrected chi connectivity index (χ4v) is 1.82. The average molecular weight is 264 g/mol. The SMILES string of the molecule is COc1ccc(NC(C)(CCC(C)C)C(N)=O)cc1. The Bertz CT molecular complexity index is 415. The highest BCUT2D eigenvalue weighted by Gasteiger charge is 2.30. The van der Waals surface area contributed by atoms with Gasteiger partial charge in [-0.15, -0.1) is 0 Å². The van der Waals surface area contributed by atoms with Gasteiger partial charge in [-0.05, 0) is 49.9 Å². The summed E-state index contributed by atoms with van der Waals surface area (Å²) in [5, 5.41) is 3.23. The number of amides is 1. The molecule has 0 aromatic heterocycles. The Kier molecular flexibility index (Phi) is 5.21. The molecule has 1 aromatic rings. The molecule has 0 aliphatic heterocycles. The molecule has 0 fully saturated rings. The molecule has 0 radical (unpaired) electrons. The first kappa shape index (κ1) is 15.3. The number of nitrogens with two attached hydrogens (primary N) is 1. The minimum absolute atomic E-state index is 0.330. The summed E-state index contributed by atoms with van der Waals surface area (Å²) < 4.78 is 5.11. The molecule has 0 aliphatic rings. The Hall–Kier alpha value is -1.71. The molecular weight excluding hydrogens is 240 g/mol. The number of anilines is 1. The molecule has 1 atom stereocenters. The smallest absolute Gasteiger partial charge is 0.242 e. The van der Waals surface area contributed by atoms with Gasteiger partial charge in [0.1, 0.15) is 11.3 Å². The summed E-state index contributed by atoms with van der Waals surface area (Å²) in [5.74, 6) is 0.994. The predicted octanol–water partition coefficient (Wildman–Crippen LogP) is 2.79. The van der Waals surface area contributed by atoms with Crippen LogP contribution in [0.25, 0.3) is 0 Å². The van der Waals surface area contributed by atoms with Gasteiger partial charge in [0, 0.05) is 5.69 Å². The highest BCUT2D eigenvalue weighted by Crippen LogP contribution is 2.23. The Balaban J connectivity index is 2.79. The zero-order chi connectivity index (χ0) is 14.5. The van der Waals surface area contributed by atoms with Crippen molar-refractivity contribution in [2.45, 2.75) is 39.2 Å². The van der Waals surface area contributed by atoms with Crippen LogP contribution in [0, 0.1) is 5.92 Å². The summed E-state index contributed by atoms with van der Waals surface area (Å²) in [6, 6.07) is 7.48. The monoisotopic (exact) mass is 264 g/mol. The third kappa shape index (κ3) is 4.47. The zero-order valence-electron chi connectivity index (χ0n) is 12.2. The first-order valence-corrected chi connectivity index (χ1v) is 6.59. The average Bonchev–Trinajstić information content (AvgIpc) is 2.37. The van der Waals surface area contributed by atoms with Crippen LogP contribution >= 0.6 is 0 Å². The van der Waals surface area contributed by atoms with E-state index in [1.807, 2.05) is 31.2 Å². The van der Waals surface area contributed by atoms with E-state index in [2.05, 4.69) is 19.2 Å². The largest absolute Gasteiger partial charge is 0.497 e. The second-order valence-electron chi connectivity index (χ2n) is 5.48. The van der Waals surface area contributed by atoms with Crippen molar-refractivity contribution in [1.29, 1.82) is 0 Å². The van der Waals surface area contributed by atoms with Crippen molar-refractivity contribution < 1.29 is 9.53 Å². The lowest BCUT2D eigenvalue weighted by Crippen LogP contribution is -2.48. The summed E-state index contributed by atoms with van der Waals surface area (Å²) in [6.07, 6.45) is 1.66. The van der Waals surface area contributed by atoms with Gasteiger partial charge >= 0.3 is 0 Å². The molecule has 0 heterocycles. The van der Waals surface area contributed by atoms with Crippen LogP contribution in [0.2, 0.25) is 0 Å². The lowest BCUT2D eigenvalue weighted by molar-refractivity contribution is -0.122. The summed E-state index contributed by atoms with van der Waals surface area (Å²) in [7, 11) is 1.62. The molecule has 19 heavy (non-hydrogen) atoms. The maximum Gasteiger partial charge on any atom is 0.242 e. The Morgan fingerprint density at radius 3 is 2.37 bits per heavy atom. The van der Waals surface area contributed by atoms with E-state index in [1.54, 1.807) is 7.11 Å². The van der Waals surface area contributed by atoms with Gasteiger partial charge in [0.25, 0.3) is 0 Å². The van der Waals surface area contributed by atoms with E-state index >= 15 is 0 Å². The molecule has 3 N–H and O–H groups in total. The number of primary amides is 1. The summed E-state index contributed by atoms with van der Waals surface area (Å²) in [6.45, 7) is 6.12. The number of hydrogen-bond acceptors (Lipinski definition) is 3. The quantitative estimate of drug-likeness (QED) is 0.796. The first-order chi connectivity index (χ1) is 8.87. The maximum atomic E-state index is 11.7. The summed E-state index contributed by atoms with van der Waals surface area (Å²) in [5.41, 5.74) is 5.68. The molecule has 4 nitrogen and oxygen atoms in total. The molecule has 1 aromatic carbocycles. The van der Waals surface area contributed by atoms with E-state index in [1.165, 1.54) is 0 Å². The minimum atomic E-state index is -0.723. The van der Waals surface area contributed by atoms with Crippen molar-refractivity contribution in [3.05, 3.63) is 24.3 Å². The number of hydrogen-bond donors (Lipinski definition) is 2. The van der Waals surface area contributed by atoms with Crippen LogP contribution in [0.15, 0.2) is 24.3 Å². The van der Waals surface area contributed by atoms with Crippen LogP contribution in [0.4, 0.5) is 5.69 Å². The van der Waals surface area contributed by atoms with Gasteiger partial charge in [0.15, 0.2) is 0 Å². The lowest BCUT2D eigenvalue weighted by Gasteiger charge is -2.29. The van der Waals surface area contributed by atoms with Gasteiger partial charge in [-0.2, -0.15) is 0 Å². The normalized spacial score (nSPS) is 13.9. The van der Waals surface area contributed by atoms with Gasteiger partial charge in [-0.25, -0.2) is 0 Å². The van der Waals surface area contributed by atoms with E-state index < -0.39 is 5.54 Å². The van der Waals surface area contributed by atoms with E-state index in [9.17, 15) is 4.79 Å². The highest BCUT2D eigenvalue weighted by atomic mass is 16.5. The summed E-state index contributed by atoms with van der Waals surface area (Å²) >= 11 is 0. The number of benzene rings is 1. The van der Waals surface area contributed by atoms with Crippen molar-refractivity contribution in [2.24, 2.45) is 11.7 Å². The Morgan fingerprint density at radius 2 is 1.95 bits per heavy atom. The lowest BCUT2D eigenvalue weighted by atomic mass is 9.91. The van der Waals surface area contributed by atoms with Crippen LogP contribution in [-0.2, 0) is 4.79 Å². The van der Waals surface area contributed by atoms with Gasteiger partial charge in [-0.3, -0.25) is 4.79 Å². The molecular formula is C15H24N2O2. The number of carbonyl (C=O) groups excluding carboxylic acids is 1. The van der Waals surface area contributed by atoms with Gasteiger partial charge in [0.05, 0.1) is 7.11 Å². The van der Waals surface area contributed by atoms with Gasteiger partial charge in [-0.1, -0.05) is 13.8 Å². The fraction of sp³-hybridized carbons (Fsp3) is 0.533. The third-order valence-corrected chi connectivity index (χ3v) is 3.28. The number of methoxy groups -OCH3 is 1. The number of ether oxygens (including phenoxy) is 1. The molecule has 0 bridgehead atoms. The van der Waals surface area contributed by atoms with Crippen LogP contribution in [0.1, 0.15) is 33.6 Å². The molecule has 4 heteroatoms. The molecule has 1 rings (SSSR count). The Labute approximate surface area is 115 Å². The highest BCUT2D eigenvalue weighted by molar-refractivity contribution is 5.87. The van der Waals surface area contributed by atoms with E-state index in [4.69, 9.17) is 10.5 Å². The number of carbonyl (C=O) groups is 1. The minimum Gasteiger partial charge on any atom is -0.497 e. The van der Waals surface area contributed by atoms with Crippen LogP contribution < -0.4 is 15.8 Å². The molecule has 1 amide bonds. The van der Waals surface area contributed by atoms with Crippen LogP contribution in [0.5, 0.6) is 5.75 Å². The molecule has 0 spiro atoms. The molecule has 0 saturated heterocycles. The topological polar surface area (TPSA) is 64.3 Å². The number of nitrogens with one attached hydrogen (secondary N) is 1. The maximum absolute atomic E-state index is 11.7. The van der Waals surface area contributed by atoms with Crippen molar-refractivity contribution in [2.75, 3.05) is 12.4 Å². The summed E-state index contributed by atoms with van der Waals surface area (Å²) in [4.78, 5) is 11.7. The second-order valence-corrected chi connectivity index (χ2v) is 5.48. The molecule has 0 aliphatic carbocycles. The van der Waals surface area contributed by atoms with Crippen LogP contribution in [0.3, 0.4) is 0 Å². The van der Waals surface area contributed by atoms with Crippen molar-refractivity contribution >= 4 is 11.6 Å². The first-order valence-electron chi connectivity index (χ1n) is 6.59. The van der Waals surface area contributed by atoms with E-state index in [0.717, 1.165) is 17.9 Å². The third-order valence-electron chi connectivity index (χ3n) is 3.28. The standard InChI is InChI=1S/C15H24N2O2/c1-11(2)9-10-15(3,14(16)18)17-12-5-7-13(19-4)8-6-12/h5-8,11,17H,9-10H2,1-4H3,(H2,16,18). The van der Waals surface area contributed by atoms with Crippen molar-refractivity contribution in [3.8, 4) is 5.75 Å². The fourth-order valence-electron chi connectivity index (χ4n) is 1.82. The van der Waals surface area contributed by atoms with Crippen molar-refractivity contribution in [3.63, 3.8) is 0 Å². The van der Waals surface area contributed by atoms with E-state index in [-0.39, 0.29) is 5.91 Å². The molecule has 106 valence electrons. The van der Waals surface area contributed by atoms with E-state index in [0.29, 0.717) is 12.3 Å². The number of rotatable bonds is 7. The zero-order valence-corrected chi connectivity index (χ0v) is 12.2. The predicted molar refractivity (Wildman–Crippen MR) is 78.3 cm³/mol. The van der Waals surface area contributed by atoms with Gasteiger partial charge < -0.3 is 15.8 Å². The Morgan fingerprint density at radius 1 is 1.37 bits per heavy atom. The van der Waals surface area contributed by atoms with Gasteiger partial charge in [0.2, 0.25) is 5.91 Å². The van der Waals surface area contributed by atoms with Crippen LogP contribution in [-0.4, -0.2) is 18.6 Å². The van der Waals surface area contributed by atoms with Crippen molar-refractivity contribution in [1.82, 2.24) is 0 Å². The molecule has 1 unspecified atom stereocenters. The second kappa shape index (κ2) is 6.45. The molecule has 0 saturated carbocycles.